The molecule has 1 atom stereocenters. The van der Waals surface area contributed by atoms with Gasteiger partial charge in [0.1, 0.15) is 17.7 Å². The van der Waals surface area contributed by atoms with Gasteiger partial charge in [0.25, 0.3) is 0 Å². The smallest absolute Gasteiger partial charge is 0.326 e. The van der Waals surface area contributed by atoms with Gasteiger partial charge in [-0.05, 0) is 82.7 Å². The van der Waals surface area contributed by atoms with Gasteiger partial charge in [-0.3, -0.25) is 4.68 Å². The number of carboxylic acid groups (broad SMARTS) is 1. The minimum Gasteiger partial charge on any atom is -0.480 e. The van der Waals surface area contributed by atoms with Gasteiger partial charge in [0.2, 0.25) is 0 Å². The SMILES string of the molecule is COc1nccc(NC(CCN(CCCCc2ccc3c(n2)NCCC3)CCn2nc(C)cc2C)C(=O)O)n1. The highest BCUT2D eigenvalue weighted by atomic mass is 16.5. The molecule has 3 aromatic heterocycles. The molecule has 0 amide bonds. The van der Waals surface area contributed by atoms with Gasteiger partial charge in [-0.1, -0.05) is 6.07 Å². The van der Waals surface area contributed by atoms with Crippen LogP contribution in [-0.2, 0) is 24.2 Å². The van der Waals surface area contributed by atoms with E-state index in [9.17, 15) is 9.90 Å². The van der Waals surface area contributed by atoms with Crippen LogP contribution in [0.1, 0.15) is 48.3 Å². The molecule has 3 N–H and O–H groups in total. The van der Waals surface area contributed by atoms with Crippen LogP contribution < -0.4 is 15.4 Å². The van der Waals surface area contributed by atoms with E-state index in [4.69, 9.17) is 9.72 Å². The number of aryl methyl sites for hydroxylation is 4. The Morgan fingerprint density at radius 2 is 2.08 bits per heavy atom. The minimum atomic E-state index is -0.918. The van der Waals surface area contributed by atoms with Crippen LogP contribution in [0, 0.1) is 13.8 Å². The molecule has 210 valence electrons. The molecule has 1 unspecified atom stereocenters. The van der Waals surface area contributed by atoms with Crippen molar-refractivity contribution in [1.29, 1.82) is 0 Å². The quantitative estimate of drug-likeness (QED) is 0.249. The lowest BCUT2D eigenvalue weighted by Gasteiger charge is -2.25. The number of carboxylic acids is 1. The zero-order valence-corrected chi connectivity index (χ0v) is 23.2. The fourth-order valence-corrected chi connectivity index (χ4v) is 4.89. The van der Waals surface area contributed by atoms with Crippen molar-refractivity contribution >= 4 is 17.6 Å². The molecule has 0 aliphatic carbocycles. The molecule has 0 aromatic carbocycles. The molecule has 0 spiro atoms. The lowest BCUT2D eigenvalue weighted by Crippen LogP contribution is -2.37. The highest BCUT2D eigenvalue weighted by Crippen LogP contribution is 2.20. The summed E-state index contributed by atoms with van der Waals surface area (Å²) in [6, 6.07) is 7.48. The molecule has 39 heavy (non-hydrogen) atoms. The summed E-state index contributed by atoms with van der Waals surface area (Å²) in [4.78, 5) is 27.4. The number of methoxy groups -OCH3 is 1. The molecule has 11 nitrogen and oxygen atoms in total. The van der Waals surface area contributed by atoms with Crippen molar-refractivity contribution in [2.24, 2.45) is 0 Å². The maximum Gasteiger partial charge on any atom is 0.326 e. The molecular formula is C28H40N8O3. The van der Waals surface area contributed by atoms with Crippen molar-refractivity contribution in [2.45, 2.75) is 65.0 Å². The third-order valence-electron chi connectivity index (χ3n) is 7.01. The Balaban J connectivity index is 1.33. The van der Waals surface area contributed by atoms with E-state index in [2.05, 4.69) is 55.7 Å². The third-order valence-corrected chi connectivity index (χ3v) is 7.01. The Kier molecular flexibility index (Phi) is 10.1. The fraction of sp³-hybridized carbons (Fsp3) is 0.536. The van der Waals surface area contributed by atoms with Crippen molar-refractivity contribution in [3.8, 4) is 6.01 Å². The first kappa shape index (κ1) is 28.3. The van der Waals surface area contributed by atoms with Crippen molar-refractivity contribution < 1.29 is 14.6 Å². The van der Waals surface area contributed by atoms with E-state index >= 15 is 0 Å². The molecule has 0 radical (unpaired) electrons. The summed E-state index contributed by atoms with van der Waals surface area (Å²) in [5.41, 5.74) is 4.55. The normalized spacial score (nSPS) is 13.5. The van der Waals surface area contributed by atoms with E-state index in [1.807, 2.05) is 11.6 Å². The maximum atomic E-state index is 12.0. The van der Waals surface area contributed by atoms with Crippen LogP contribution in [0.3, 0.4) is 0 Å². The molecule has 11 heteroatoms. The minimum absolute atomic E-state index is 0.194. The van der Waals surface area contributed by atoms with Gasteiger partial charge in [-0.2, -0.15) is 10.1 Å². The molecule has 3 aromatic rings. The lowest BCUT2D eigenvalue weighted by molar-refractivity contribution is -0.138. The number of pyridine rings is 1. The molecule has 0 fully saturated rings. The Bertz CT molecular complexity index is 1230. The lowest BCUT2D eigenvalue weighted by atomic mass is 10.1. The summed E-state index contributed by atoms with van der Waals surface area (Å²) in [7, 11) is 1.48. The highest BCUT2D eigenvalue weighted by Gasteiger charge is 2.20. The van der Waals surface area contributed by atoms with E-state index in [0.29, 0.717) is 18.8 Å². The fourth-order valence-electron chi connectivity index (χ4n) is 4.89. The predicted molar refractivity (Wildman–Crippen MR) is 150 cm³/mol. The second-order valence-electron chi connectivity index (χ2n) is 10.0. The molecule has 1 aliphatic rings. The van der Waals surface area contributed by atoms with Crippen LogP contribution in [0.5, 0.6) is 6.01 Å². The van der Waals surface area contributed by atoms with Gasteiger partial charge in [0.05, 0.1) is 19.3 Å². The molecule has 0 bridgehead atoms. The Morgan fingerprint density at radius 3 is 2.85 bits per heavy atom. The number of aliphatic carboxylic acids is 1. The first-order valence-corrected chi connectivity index (χ1v) is 13.7. The number of hydrogen-bond donors (Lipinski definition) is 3. The van der Waals surface area contributed by atoms with Crippen LogP contribution >= 0.6 is 0 Å². The second kappa shape index (κ2) is 13.9. The number of anilines is 2. The van der Waals surface area contributed by atoms with Gasteiger partial charge >= 0.3 is 12.0 Å². The Morgan fingerprint density at radius 1 is 1.21 bits per heavy atom. The largest absolute Gasteiger partial charge is 0.480 e. The van der Waals surface area contributed by atoms with E-state index in [0.717, 1.165) is 81.2 Å². The molecule has 0 saturated carbocycles. The van der Waals surface area contributed by atoms with Gasteiger partial charge in [-0.25, -0.2) is 14.8 Å². The first-order valence-electron chi connectivity index (χ1n) is 13.7. The summed E-state index contributed by atoms with van der Waals surface area (Å²) in [6.07, 6.45) is 7.16. The van der Waals surface area contributed by atoms with Crippen LogP contribution in [0.4, 0.5) is 11.6 Å². The van der Waals surface area contributed by atoms with Crippen molar-refractivity contribution in [3.63, 3.8) is 0 Å². The zero-order chi connectivity index (χ0) is 27.6. The van der Waals surface area contributed by atoms with E-state index < -0.39 is 12.0 Å². The summed E-state index contributed by atoms with van der Waals surface area (Å²) in [5, 5.41) is 20.9. The van der Waals surface area contributed by atoms with Crippen LogP contribution in [0.15, 0.2) is 30.5 Å². The number of nitrogens with one attached hydrogen (secondary N) is 2. The second-order valence-corrected chi connectivity index (χ2v) is 10.0. The van der Waals surface area contributed by atoms with Gasteiger partial charge in [0, 0.05) is 37.2 Å². The number of ether oxygens (including phenoxy) is 1. The number of aromatic nitrogens is 5. The number of carbonyl (C=O) groups is 1. The van der Waals surface area contributed by atoms with Crippen LogP contribution in [0.25, 0.3) is 0 Å². The predicted octanol–water partition coefficient (Wildman–Crippen LogP) is 3.33. The summed E-state index contributed by atoms with van der Waals surface area (Å²) < 4.78 is 7.08. The third kappa shape index (κ3) is 8.38. The topological polar surface area (TPSA) is 130 Å². The number of hydrogen-bond acceptors (Lipinski definition) is 9. The van der Waals surface area contributed by atoms with E-state index in [-0.39, 0.29) is 6.01 Å². The average Bonchev–Trinajstić information content (AvgIpc) is 3.27. The summed E-state index contributed by atoms with van der Waals surface area (Å²) in [6.45, 7) is 8.10. The average molecular weight is 537 g/mol. The van der Waals surface area contributed by atoms with E-state index in [1.54, 1.807) is 12.3 Å². The van der Waals surface area contributed by atoms with Crippen LogP contribution in [-0.4, -0.2) is 80.0 Å². The first-order chi connectivity index (χ1) is 18.9. The summed E-state index contributed by atoms with van der Waals surface area (Å²) >= 11 is 0. The van der Waals surface area contributed by atoms with Crippen LogP contribution in [0.2, 0.25) is 0 Å². The standard InChI is InChI=1S/C28H40N8O3/c1-20-19-21(2)36(34-20)18-17-35(15-5-4-8-23-10-9-22-7-6-13-29-26(22)31-23)16-12-24(27(37)38)32-25-11-14-30-28(33-25)39-3/h9-11,14,19,24H,4-8,12-13,15-18H2,1-3H3,(H,29,31)(H,37,38)(H,30,32,33). The van der Waals surface area contributed by atoms with Gasteiger partial charge in [0.15, 0.2) is 0 Å². The van der Waals surface area contributed by atoms with E-state index in [1.165, 1.54) is 12.7 Å². The zero-order valence-electron chi connectivity index (χ0n) is 23.2. The highest BCUT2D eigenvalue weighted by molar-refractivity contribution is 5.76. The van der Waals surface area contributed by atoms with Gasteiger partial charge in [-0.15, -0.1) is 0 Å². The molecule has 4 rings (SSSR count). The molecular weight excluding hydrogens is 496 g/mol. The number of nitrogens with zero attached hydrogens (tertiary/aromatic N) is 6. The van der Waals surface area contributed by atoms with Crippen molar-refractivity contribution in [1.82, 2.24) is 29.6 Å². The molecule has 1 aliphatic heterocycles. The maximum absolute atomic E-state index is 12.0. The molecule has 4 heterocycles. The number of rotatable bonds is 15. The molecule has 0 saturated heterocycles. The van der Waals surface area contributed by atoms with Gasteiger partial charge < -0.3 is 25.4 Å². The Hall–Kier alpha value is -3.73. The van der Waals surface area contributed by atoms with Crippen molar-refractivity contribution in [3.05, 3.63) is 53.1 Å². The number of unbranched alkanes of at least 4 members (excludes halogenated alkanes) is 1. The van der Waals surface area contributed by atoms with Crippen molar-refractivity contribution in [2.75, 3.05) is 43.9 Å². The Labute approximate surface area is 230 Å². The monoisotopic (exact) mass is 536 g/mol. The summed E-state index contributed by atoms with van der Waals surface area (Å²) in [5.74, 6) is 0.549. The number of fused-ring (bicyclic) bond motifs is 1.